The van der Waals surface area contributed by atoms with E-state index >= 15 is 0 Å². The normalized spacial score (nSPS) is 14.0. The van der Waals surface area contributed by atoms with E-state index in [1.165, 1.54) is 0 Å². The number of rotatable bonds is 4. The predicted octanol–water partition coefficient (Wildman–Crippen LogP) is 3.75. The Labute approximate surface area is 122 Å². The molecule has 3 aromatic rings. The molecule has 0 spiro atoms. The van der Waals surface area contributed by atoms with Crippen LogP contribution in [0.15, 0.2) is 60.8 Å². The second-order valence-electron chi connectivity index (χ2n) is 5.44. The molecule has 0 amide bonds. The van der Waals surface area contributed by atoms with Crippen LogP contribution in [0, 0.1) is 10.1 Å². The summed E-state index contributed by atoms with van der Waals surface area (Å²) in [7, 11) is 0. The summed E-state index contributed by atoms with van der Waals surface area (Å²) in [6.45, 7) is 1.79. The van der Waals surface area contributed by atoms with E-state index in [-0.39, 0.29) is 11.5 Å². The van der Waals surface area contributed by atoms with E-state index in [2.05, 4.69) is 4.98 Å². The number of nitro groups is 1. The average Bonchev–Trinajstić information content (AvgIpc) is 2.92. The van der Waals surface area contributed by atoms with E-state index in [0.717, 1.165) is 22.0 Å². The second-order valence-corrected chi connectivity index (χ2v) is 5.44. The molecule has 1 N–H and O–H groups in total. The number of aromatic amines is 1. The molecule has 0 fully saturated rings. The molecule has 0 aliphatic rings. The molecule has 1 heterocycles. The molecule has 21 heavy (non-hydrogen) atoms. The predicted molar refractivity (Wildman–Crippen MR) is 83.1 cm³/mol. The average molecular weight is 280 g/mol. The summed E-state index contributed by atoms with van der Waals surface area (Å²) in [4.78, 5) is 14.2. The smallest absolute Gasteiger partial charge is 0.217 e. The molecule has 4 heteroatoms. The highest BCUT2D eigenvalue weighted by molar-refractivity contribution is 5.84. The van der Waals surface area contributed by atoms with Crippen molar-refractivity contribution in [2.45, 2.75) is 12.3 Å². The highest BCUT2D eigenvalue weighted by Crippen LogP contribution is 2.36. The maximum atomic E-state index is 11.2. The molecule has 0 saturated heterocycles. The van der Waals surface area contributed by atoms with Crippen molar-refractivity contribution >= 4 is 10.9 Å². The van der Waals surface area contributed by atoms with Crippen molar-refractivity contribution in [3.8, 4) is 0 Å². The summed E-state index contributed by atoms with van der Waals surface area (Å²) in [5.41, 5.74) is 2.25. The highest BCUT2D eigenvalue weighted by Gasteiger charge is 2.36. The van der Waals surface area contributed by atoms with Crippen LogP contribution in [-0.2, 0) is 5.41 Å². The summed E-state index contributed by atoms with van der Waals surface area (Å²) in [5.74, 6) is 0. The van der Waals surface area contributed by atoms with Gasteiger partial charge in [0.25, 0.3) is 0 Å². The van der Waals surface area contributed by atoms with Crippen molar-refractivity contribution in [3.05, 3.63) is 82.0 Å². The van der Waals surface area contributed by atoms with Crippen LogP contribution in [0.1, 0.15) is 18.1 Å². The van der Waals surface area contributed by atoms with Gasteiger partial charge in [-0.25, -0.2) is 0 Å². The Kier molecular flexibility index (Phi) is 3.22. The fraction of sp³-hybridized carbons (Fsp3) is 0.176. The SMILES string of the molecule is C[C@@](C[N+](=O)[O-])(c1ccccc1)c1c[nH]c2ccccc12. The topological polar surface area (TPSA) is 58.9 Å². The minimum atomic E-state index is -0.662. The first-order chi connectivity index (χ1) is 10.1. The number of hydrogen-bond acceptors (Lipinski definition) is 2. The van der Waals surface area contributed by atoms with Crippen LogP contribution >= 0.6 is 0 Å². The maximum absolute atomic E-state index is 11.2. The Morgan fingerprint density at radius 2 is 1.76 bits per heavy atom. The van der Waals surface area contributed by atoms with Gasteiger partial charge >= 0.3 is 0 Å². The Morgan fingerprint density at radius 1 is 1.10 bits per heavy atom. The van der Waals surface area contributed by atoms with Gasteiger partial charge in [-0.3, -0.25) is 10.1 Å². The van der Waals surface area contributed by atoms with Crippen LogP contribution < -0.4 is 0 Å². The van der Waals surface area contributed by atoms with E-state index < -0.39 is 5.41 Å². The largest absolute Gasteiger partial charge is 0.361 e. The second kappa shape index (κ2) is 5.05. The molecule has 4 nitrogen and oxygen atoms in total. The molecule has 1 atom stereocenters. The zero-order chi connectivity index (χ0) is 14.9. The van der Waals surface area contributed by atoms with Gasteiger partial charge in [0.1, 0.15) is 0 Å². The number of fused-ring (bicyclic) bond motifs is 1. The van der Waals surface area contributed by atoms with Crippen LogP contribution in [0.25, 0.3) is 10.9 Å². The van der Waals surface area contributed by atoms with Crippen molar-refractivity contribution in [3.63, 3.8) is 0 Å². The van der Waals surface area contributed by atoms with Gasteiger partial charge in [0.2, 0.25) is 6.54 Å². The molecule has 0 bridgehead atoms. The molecule has 0 unspecified atom stereocenters. The third kappa shape index (κ3) is 2.29. The van der Waals surface area contributed by atoms with Crippen molar-refractivity contribution < 1.29 is 4.92 Å². The molecule has 0 saturated carbocycles. The summed E-state index contributed by atoms with van der Waals surface area (Å²) >= 11 is 0. The van der Waals surface area contributed by atoms with Gasteiger partial charge in [-0.05, 0) is 24.1 Å². The minimum absolute atomic E-state index is 0.140. The first-order valence-corrected chi connectivity index (χ1v) is 6.85. The summed E-state index contributed by atoms with van der Waals surface area (Å²) in [6.07, 6.45) is 1.89. The Hall–Kier alpha value is -2.62. The van der Waals surface area contributed by atoms with Crippen LogP contribution in [0.4, 0.5) is 0 Å². The molecule has 1 aromatic heterocycles. The monoisotopic (exact) mass is 280 g/mol. The van der Waals surface area contributed by atoms with Gasteiger partial charge in [-0.2, -0.15) is 0 Å². The zero-order valence-electron chi connectivity index (χ0n) is 11.7. The summed E-state index contributed by atoms with van der Waals surface area (Å²) in [5, 5.41) is 12.2. The molecule has 3 rings (SSSR count). The van der Waals surface area contributed by atoms with Crippen LogP contribution in [0.3, 0.4) is 0 Å². The van der Waals surface area contributed by atoms with Gasteiger partial charge < -0.3 is 4.98 Å². The standard InChI is InChI=1S/C17H16N2O2/c1-17(12-19(20)21,13-7-3-2-4-8-13)15-11-18-16-10-6-5-9-14(15)16/h2-11,18H,12H2,1H3/t17-/m1/s1. The Bertz CT molecular complexity index is 780. The third-order valence-electron chi connectivity index (χ3n) is 4.04. The number of nitrogens with one attached hydrogen (secondary N) is 1. The van der Waals surface area contributed by atoms with Crippen LogP contribution in [0.5, 0.6) is 0 Å². The number of nitrogens with zero attached hydrogens (tertiary/aromatic N) is 1. The maximum Gasteiger partial charge on any atom is 0.217 e. The van der Waals surface area contributed by atoms with Crippen molar-refractivity contribution in [1.82, 2.24) is 4.98 Å². The van der Waals surface area contributed by atoms with Gasteiger partial charge in [-0.1, -0.05) is 48.5 Å². The molecule has 106 valence electrons. The Morgan fingerprint density at radius 3 is 2.48 bits per heavy atom. The molecule has 0 aliphatic heterocycles. The number of aromatic nitrogens is 1. The Balaban J connectivity index is 2.22. The lowest BCUT2D eigenvalue weighted by Gasteiger charge is -2.26. The van der Waals surface area contributed by atoms with Crippen molar-refractivity contribution in [2.24, 2.45) is 0 Å². The molecular weight excluding hydrogens is 264 g/mol. The van der Waals surface area contributed by atoms with Crippen LogP contribution in [-0.4, -0.2) is 16.5 Å². The fourth-order valence-electron chi connectivity index (χ4n) is 2.92. The number of hydrogen-bond donors (Lipinski definition) is 1. The lowest BCUT2D eigenvalue weighted by molar-refractivity contribution is -0.488. The van der Waals surface area contributed by atoms with E-state index in [1.807, 2.05) is 67.7 Å². The lowest BCUT2D eigenvalue weighted by Crippen LogP contribution is -2.32. The zero-order valence-corrected chi connectivity index (χ0v) is 11.7. The molecule has 0 radical (unpaired) electrons. The molecular formula is C17H16N2O2. The van der Waals surface area contributed by atoms with Gasteiger partial charge in [0.05, 0.1) is 5.41 Å². The minimum Gasteiger partial charge on any atom is -0.361 e. The number of H-pyrrole nitrogens is 1. The van der Waals surface area contributed by atoms with Crippen molar-refractivity contribution in [1.29, 1.82) is 0 Å². The van der Waals surface area contributed by atoms with Gasteiger partial charge in [-0.15, -0.1) is 0 Å². The van der Waals surface area contributed by atoms with Gasteiger partial charge in [0.15, 0.2) is 0 Å². The quantitative estimate of drug-likeness (QED) is 0.584. The highest BCUT2D eigenvalue weighted by atomic mass is 16.6. The summed E-state index contributed by atoms with van der Waals surface area (Å²) < 4.78 is 0. The van der Waals surface area contributed by atoms with E-state index in [9.17, 15) is 10.1 Å². The van der Waals surface area contributed by atoms with E-state index in [1.54, 1.807) is 0 Å². The number of benzene rings is 2. The lowest BCUT2D eigenvalue weighted by atomic mass is 9.76. The third-order valence-corrected chi connectivity index (χ3v) is 4.04. The van der Waals surface area contributed by atoms with E-state index in [4.69, 9.17) is 0 Å². The van der Waals surface area contributed by atoms with E-state index in [0.29, 0.717) is 0 Å². The molecule has 2 aromatic carbocycles. The first-order valence-electron chi connectivity index (χ1n) is 6.85. The fourth-order valence-corrected chi connectivity index (χ4v) is 2.92. The van der Waals surface area contributed by atoms with Crippen molar-refractivity contribution in [2.75, 3.05) is 6.54 Å². The van der Waals surface area contributed by atoms with Crippen LogP contribution in [0.2, 0.25) is 0 Å². The van der Waals surface area contributed by atoms with Gasteiger partial charge in [0, 0.05) is 22.0 Å². The summed E-state index contributed by atoms with van der Waals surface area (Å²) in [6, 6.07) is 17.6. The first kappa shape index (κ1) is 13.4. The molecule has 0 aliphatic carbocycles. The number of para-hydroxylation sites is 1.